The van der Waals surface area contributed by atoms with Gasteiger partial charge in [0.1, 0.15) is 0 Å². The predicted octanol–water partition coefficient (Wildman–Crippen LogP) is 2.24. The molecule has 0 unspecified atom stereocenters. The summed E-state index contributed by atoms with van der Waals surface area (Å²) in [5, 5.41) is 0. The Kier molecular flexibility index (Phi) is 3.85. The number of fused-ring (bicyclic) bond motifs is 1. The van der Waals surface area contributed by atoms with Crippen molar-refractivity contribution in [2.24, 2.45) is 5.73 Å². The standard InChI is InChI=1S/C17H18N2O3S/c1-12-8-9-14(11-15(12)17(18)20)23(21,22)19-10-4-6-13-5-2-3-7-16(13)19/h2-3,5,7-9,11H,4,6,10H2,1H3,(H2,18,20). The summed E-state index contributed by atoms with van der Waals surface area (Å²) in [6.07, 6.45) is 1.63. The van der Waals surface area contributed by atoms with Crippen LogP contribution in [-0.2, 0) is 16.4 Å². The summed E-state index contributed by atoms with van der Waals surface area (Å²) >= 11 is 0. The quantitative estimate of drug-likeness (QED) is 0.937. The van der Waals surface area contributed by atoms with Gasteiger partial charge in [0.05, 0.1) is 10.6 Å². The molecule has 0 fully saturated rings. The van der Waals surface area contributed by atoms with Crippen molar-refractivity contribution in [3.05, 3.63) is 59.2 Å². The number of sulfonamides is 1. The molecule has 0 spiro atoms. The molecule has 1 aliphatic rings. The molecule has 2 aromatic rings. The number of primary amides is 1. The minimum Gasteiger partial charge on any atom is -0.366 e. The highest BCUT2D eigenvalue weighted by molar-refractivity contribution is 7.92. The Morgan fingerprint density at radius 1 is 1.17 bits per heavy atom. The highest BCUT2D eigenvalue weighted by Gasteiger charge is 2.29. The fraction of sp³-hybridized carbons (Fsp3) is 0.235. The van der Waals surface area contributed by atoms with E-state index >= 15 is 0 Å². The Bertz CT molecular complexity index is 875. The predicted molar refractivity (Wildman–Crippen MR) is 89.0 cm³/mol. The minimum absolute atomic E-state index is 0.0913. The third-order valence-electron chi connectivity index (χ3n) is 4.13. The fourth-order valence-electron chi connectivity index (χ4n) is 2.90. The number of carbonyl (C=O) groups is 1. The van der Waals surface area contributed by atoms with Gasteiger partial charge in [0.25, 0.3) is 10.0 Å². The van der Waals surface area contributed by atoms with Crippen molar-refractivity contribution in [3.8, 4) is 0 Å². The molecule has 0 radical (unpaired) electrons. The van der Waals surface area contributed by atoms with Crippen molar-refractivity contribution in [2.75, 3.05) is 10.8 Å². The first-order valence-electron chi connectivity index (χ1n) is 7.42. The van der Waals surface area contributed by atoms with E-state index in [4.69, 9.17) is 5.73 Å². The molecule has 1 aliphatic heterocycles. The van der Waals surface area contributed by atoms with Crippen LogP contribution in [0, 0.1) is 6.92 Å². The number of nitrogens with two attached hydrogens (primary N) is 1. The first kappa shape index (κ1) is 15.6. The highest BCUT2D eigenvalue weighted by Crippen LogP contribution is 2.32. The smallest absolute Gasteiger partial charge is 0.264 e. The molecule has 5 nitrogen and oxygen atoms in total. The number of para-hydroxylation sites is 1. The minimum atomic E-state index is -3.72. The van der Waals surface area contributed by atoms with Gasteiger partial charge >= 0.3 is 0 Å². The number of amides is 1. The summed E-state index contributed by atoms with van der Waals surface area (Å²) in [5.41, 5.74) is 7.96. The van der Waals surface area contributed by atoms with E-state index in [1.54, 1.807) is 13.0 Å². The molecule has 0 bridgehead atoms. The molecule has 1 amide bonds. The van der Waals surface area contributed by atoms with Gasteiger partial charge in [0.2, 0.25) is 5.91 Å². The van der Waals surface area contributed by atoms with E-state index in [2.05, 4.69) is 0 Å². The lowest BCUT2D eigenvalue weighted by atomic mass is 10.0. The summed E-state index contributed by atoms with van der Waals surface area (Å²) in [6.45, 7) is 2.16. The molecule has 2 N–H and O–H groups in total. The van der Waals surface area contributed by atoms with E-state index in [1.807, 2.05) is 24.3 Å². The van der Waals surface area contributed by atoms with Crippen LogP contribution in [0.1, 0.15) is 27.9 Å². The number of anilines is 1. The van der Waals surface area contributed by atoms with Crippen LogP contribution in [0.4, 0.5) is 5.69 Å². The zero-order valence-electron chi connectivity index (χ0n) is 12.8. The van der Waals surface area contributed by atoms with Gasteiger partial charge in [-0.3, -0.25) is 9.10 Å². The van der Waals surface area contributed by atoms with Gasteiger partial charge in [-0.15, -0.1) is 0 Å². The number of aryl methyl sites for hydroxylation is 2. The van der Waals surface area contributed by atoms with Crippen molar-refractivity contribution in [1.82, 2.24) is 0 Å². The first-order valence-corrected chi connectivity index (χ1v) is 8.86. The van der Waals surface area contributed by atoms with Crippen LogP contribution in [0.5, 0.6) is 0 Å². The molecule has 1 heterocycles. The number of benzene rings is 2. The number of carbonyl (C=O) groups excluding carboxylic acids is 1. The van der Waals surface area contributed by atoms with E-state index in [1.165, 1.54) is 16.4 Å². The van der Waals surface area contributed by atoms with Gasteiger partial charge in [-0.25, -0.2) is 8.42 Å². The molecule has 0 saturated heterocycles. The van der Waals surface area contributed by atoms with Crippen LogP contribution in [0.3, 0.4) is 0 Å². The van der Waals surface area contributed by atoms with Crippen molar-refractivity contribution in [3.63, 3.8) is 0 Å². The highest BCUT2D eigenvalue weighted by atomic mass is 32.2. The van der Waals surface area contributed by atoms with Gasteiger partial charge in [-0.2, -0.15) is 0 Å². The average Bonchev–Trinajstić information content (AvgIpc) is 2.54. The van der Waals surface area contributed by atoms with Crippen molar-refractivity contribution < 1.29 is 13.2 Å². The Morgan fingerprint density at radius 3 is 2.65 bits per heavy atom. The third-order valence-corrected chi connectivity index (χ3v) is 5.94. The first-order chi connectivity index (χ1) is 10.9. The molecular weight excluding hydrogens is 312 g/mol. The Hall–Kier alpha value is -2.34. The summed E-state index contributed by atoms with van der Waals surface area (Å²) in [5.74, 6) is -0.626. The van der Waals surface area contributed by atoms with E-state index in [0.29, 0.717) is 17.8 Å². The van der Waals surface area contributed by atoms with Crippen LogP contribution < -0.4 is 10.0 Å². The summed E-state index contributed by atoms with van der Waals surface area (Å²) < 4.78 is 27.4. The largest absolute Gasteiger partial charge is 0.366 e. The molecule has 2 aromatic carbocycles. The second-order valence-electron chi connectivity index (χ2n) is 5.65. The fourth-order valence-corrected chi connectivity index (χ4v) is 4.47. The Balaban J connectivity index is 2.10. The van der Waals surface area contributed by atoms with Gasteiger partial charge < -0.3 is 5.73 Å². The average molecular weight is 330 g/mol. The Morgan fingerprint density at radius 2 is 1.91 bits per heavy atom. The van der Waals surface area contributed by atoms with Crippen LogP contribution in [0.25, 0.3) is 0 Å². The third kappa shape index (κ3) is 2.70. The molecule has 0 atom stereocenters. The van der Waals surface area contributed by atoms with Gasteiger partial charge in [-0.1, -0.05) is 24.3 Å². The lowest BCUT2D eigenvalue weighted by molar-refractivity contribution is 0.0999. The molecule has 0 saturated carbocycles. The number of rotatable bonds is 3. The maximum absolute atomic E-state index is 13.0. The van der Waals surface area contributed by atoms with Crippen molar-refractivity contribution in [1.29, 1.82) is 0 Å². The van der Waals surface area contributed by atoms with Crippen molar-refractivity contribution >= 4 is 21.6 Å². The second kappa shape index (κ2) is 5.70. The van der Waals surface area contributed by atoms with E-state index in [9.17, 15) is 13.2 Å². The maximum Gasteiger partial charge on any atom is 0.264 e. The number of hydrogen-bond donors (Lipinski definition) is 1. The zero-order valence-corrected chi connectivity index (χ0v) is 13.6. The topological polar surface area (TPSA) is 80.5 Å². The van der Waals surface area contributed by atoms with Crippen LogP contribution in [0.15, 0.2) is 47.4 Å². The maximum atomic E-state index is 13.0. The van der Waals surface area contributed by atoms with E-state index < -0.39 is 15.9 Å². The van der Waals surface area contributed by atoms with E-state index in [0.717, 1.165) is 18.4 Å². The lowest BCUT2D eigenvalue weighted by Gasteiger charge is -2.30. The van der Waals surface area contributed by atoms with Gasteiger partial charge in [0, 0.05) is 12.1 Å². The van der Waals surface area contributed by atoms with E-state index in [-0.39, 0.29) is 10.5 Å². The van der Waals surface area contributed by atoms with Crippen LogP contribution >= 0.6 is 0 Å². The molecule has 3 rings (SSSR count). The van der Waals surface area contributed by atoms with Crippen LogP contribution in [0.2, 0.25) is 0 Å². The number of nitrogens with zero attached hydrogens (tertiary/aromatic N) is 1. The molecule has 0 aromatic heterocycles. The summed E-state index contributed by atoms with van der Waals surface area (Å²) in [4.78, 5) is 11.6. The molecule has 0 aliphatic carbocycles. The second-order valence-corrected chi connectivity index (χ2v) is 7.51. The normalized spacial score (nSPS) is 14.4. The summed E-state index contributed by atoms with van der Waals surface area (Å²) in [6, 6.07) is 12.0. The number of hydrogen-bond acceptors (Lipinski definition) is 3. The summed E-state index contributed by atoms with van der Waals surface area (Å²) in [7, 11) is -3.72. The van der Waals surface area contributed by atoms with Crippen molar-refractivity contribution in [2.45, 2.75) is 24.7 Å². The SMILES string of the molecule is Cc1ccc(S(=O)(=O)N2CCCc3ccccc32)cc1C(N)=O. The molecule has 23 heavy (non-hydrogen) atoms. The molecular formula is C17H18N2O3S. The van der Waals surface area contributed by atoms with Gasteiger partial charge in [0.15, 0.2) is 0 Å². The molecule has 6 heteroatoms. The van der Waals surface area contributed by atoms with Gasteiger partial charge in [-0.05, 0) is 49.1 Å². The van der Waals surface area contributed by atoms with Crippen LogP contribution in [-0.4, -0.2) is 20.9 Å². The Labute approximate surface area is 135 Å². The monoisotopic (exact) mass is 330 g/mol. The zero-order chi connectivity index (χ0) is 16.6. The molecule has 120 valence electrons. The lowest BCUT2D eigenvalue weighted by Crippen LogP contribution is -2.35.